The first-order chi connectivity index (χ1) is 17.0. The number of carboxylic acids is 1. The number of carbonyl (C=O) groups is 3. The number of hydrogen-bond acceptors (Lipinski definition) is 5. The molecule has 8 nitrogen and oxygen atoms in total. The summed E-state index contributed by atoms with van der Waals surface area (Å²) in [7, 11) is 1.41. The third-order valence-corrected chi connectivity index (χ3v) is 7.03. The topological polar surface area (TPSA) is 114 Å². The molecule has 0 saturated heterocycles. The molecule has 2 aromatic carbocycles. The van der Waals surface area contributed by atoms with Gasteiger partial charge in [0.25, 0.3) is 0 Å². The number of alkyl carbamates (subject to hydrolysis) is 1. The molecule has 1 saturated carbocycles. The van der Waals surface area contributed by atoms with Crippen molar-refractivity contribution in [2.75, 3.05) is 20.3 Å². The fourth-order valence-electron chi connectivity index (χ4n) is 4.90. The quantitative estimate of drug-likeness (QED) is 0.452. The minimum atomic E-state index is -0.990. The molecular formula is C27H32N2O6. The largest absolute Gasteiger partial charge is 0.481 e. The van der Waals surface area contributed by atoms with Crippen molar-refractivity contribution in [3.05, 3.63) is 59.7 Å². The smallest absolute Gasteiger partial charge is 0.407 e. The molecule has 2 aliphatic rings. The molecule has 0 bridgehead atoms. The molecule has 0 spiro atoms. The van der Waals surface area contributed by atoms with Crippen LogP contribution < -0.4 is 10.6 Å². The average molecular weight is 481 g/mol. The lowest BCUT2D eigenvalue weighted by atomic mass is 9.78. The number of aliphatic carboxylic acids is 1. The lowest BCUT2D eigenvalue weighted by molar-refractivity contribution is -0.140. The van der Waals surface area contributed by atoms with E-state index in [4.69, 9.17) is 14.6 Å². The molecule has 2 amide bonds. The summed E-state index contributed by atoms with van der Waals surface area (Å²) >= 11 is 0. The van der Waals surface area contributed by atoms with Gasteiger partial charge >= 0.3 is 12.1 Å². The molecule has 4 rings (SSSR count). The minimum Gasteiger partial charge on any atom is -0.481 e. The Balaban J connectivity index is 1.32. The zero-order chi connectivity index (χ0) is 24.8. The Hall–Kier alpha value is -3.39. The number of hydrogen-bond donors (Lipinski definition) is 3. The summed E-state index contributed by atoms with van der Waals surface area (Å²) in [5, 5.41) is 14.6. The number of benzene rings is 2. The fraction of sp³-hybridized carbons (Fsp3) is 0.444. The van der Waals surface area contributed by atoms with Crippen LogP contribution in [0.5, 0.6) is 0 Å². The molecule has 35 heavy (non-hydrogen) atoms. The number of amides is 2. The summed E-state index contributed by atoms with van der Waals surface area (Å²) in [6.07, 6.45) is 1.74. The third kappa shape index (κ3) is 6.00. The van der Waals surface area contributed by atoms with Crippen molar-refractivity contribution in [3.63, 3.8) is 0 Å². The molecule has 2 aliphatic carbocycles. The van der Waals surface area contributed by atoms with Gasteiger partial charge in [-0.05, 0) is 41.0 Å². The first-order valence-corrected chi connectivity index (χ1v) is 12.1. The van der Waals surface area contributed by atoms with Gasteiger partial charge in [0.1, 0.15) is 6.61 Å². The average Bonchev–Trinajstić information content (AvgIpc) is 3.13. The van der Waals surface area contributed by atoms with Crippen LogP contribution in [0.2, 0.25) is 0 Å². The molecule has 0 radical (unpaired) electrons. The predicted octanol–water partition coefficient (Wildman–Crippen LogP) is 3.69. The van der Waals surface area contributed by atoms with Gasteiger partial charge in [-0.2, -0.15) is 0 Å². The highest BCUT2D eigenvalue weighted by atomic mass is 16.5. The molecule has 2 atom stereocenters. The van der Waals surface area contributed by atoms with Crippen molar-refractivity contribution in [1.29, 1.82) is 0 Å². The maximum atomic E-state index is 12.7. The summed E-state index contributed by atoms with van der Waals surface area (Å²) in [5.41, 5.74) is 4.62. The highest BCUT2D eigenvalue weighted by Gasteiger charge is 2.32. The Bertz CT molecular complexity index is 1020. The van der Waals surface area contributed by atoms with Crippen LogP contribution in [-0.4, -0.2) is 55.5 Å². The van der Waals surface area contributed by atoms with Crippen molar-refractivity contribution in [2.24, 2.45) is 5.92 Å². The van der Waals surface area contributed by atoms with Crippen LogP contribution in [-0.2, 0) is 19.1 Å². The normalized spacial score (nSPS) is 16.4. The summed E-state index contributed by atoms with van der Waals surface area (Å²) in [4.78, 5) is 36.2. The van der Waals surface area contributed by atoms with Crippen LogP contribution >= 0.6 is 0 Å². The lowest BCUT2D eigenvalue weighted by Gasteiger charge is -2.33. The molecule has 8 heteroatoms. The summed E-state index contributed by atoms with van der Waals surface area (Å²) in [6.45, 7) is 0.318. The van der Waals surface area contributed by atoms with Gasteiger partial charge < -0.3 is 25.2 Å². The van der Waals surface area contributed by atoms with Gasteiger partial charge in [0.15, 0.2) is 0 Å². The van der Waals surface area contributed by atoms with Gasteiger partial charge in [-0.25, -0.2) is 4.79 Å². The Morgan fingerprint density at radius 2 is 1.63 bits per heavy atom. The number of nitrogens with one attached hydrogen (secondary N) is 2. The molecule has 0 aromatic heterocycles. The van der Waals surface area contributed by atoms with Gasteiger partial charge in [0, 0.05) is 32.0 Å². The van der Waals surface area contributed by atoms with E-state index in [0.717, 1.165) is 30.4 Å². The van der Waals surface area contributed by atoms with E-state index in [1.54, 1.807) is 0 Å². The third-order valence-electron chi connectivity index (χ3n) is 7.03. The highest BCUT2D eigenvalue weighted by molar-refractivity contribution is 5.79. The van der Waals surface area contributed by atoms with Gasteiger partial charge in [-0.1, -0.05) is 55.0 Å². The Morgan fingerprint density at radius 1 is 1.00 bits per heavy atom. The lowest BCUT2D eigenvalue weighted by Crippen LogP contribution is -2.47. The molecule has 3 N–H and O–H groups in total. The number of ether oxygens (including phenoxy) is 2. The van der Waals surface area contributed by atoms with Gasteiger partial charge in [-0.15, -0.1) is 0 Å². The monoisotopic (exact) mass is 480 g/mol. The SMILES string of the molecule is COC(CNC(=O)CC(NC(=O)OCC1c2ccccc2-c2ccccc21)C1CCC1)CC(=O)O. The van der Waals surface area contributed by atoms with Crippen LogP contribution in [0, 0.1) is 5.92 Å². The van der Waals surface area contributed by atoms with Crippen LogP contribution in [0.15, 0.2) is 48.5 Å². The van der Waals surface area contributed by atoms with E-state index in [0.29, 0.717) is 0 Å². The summed E-state index contributed by atoms with van der Waals surface area (Å²) in [5.74, 6) is -1.05. The second-order valence-electron chi connectivity index (χ2n) is 9.23. The second kappa shape index (κ2) is 11.4. The van der Waals surface area contributed by atoms with E-state index < -0.39 is 18.2 Å². The minimum absolute atomic E-state index is 0.0289. The Morgan fingerprint density at radius 3 is 2.17 bits per heavy atom. The zero-order valence-electron chi connectivity index (χ0n) is 19.9. The van der Waals surface area contributed by atoms with E-state index in [9.17, 15) is 14.4 Å². The van der Waals surface area contributed by atoms with Crippen molar-refractivity contribution in [2.45, 2.75) is 50.2 Å². The molecule has 0 heterocycles. The Labute approximate surface area is 205 Å². The van der Waals surface area contributed by atoms with Gasteiger partial charge in [0.05, 0.1) is 12.5 Å². The van der Waals surface area contributed by atoms with Crippen LogP contribution in [0.3, 0.4) is 0 Å². The molecular weight excluding hydrogens is 448 g/mol. The van der Waals surface area contributed by atoms with Crippen molar-refractivity contribution in [3.8, 4) is 11.1 Å². The zero-order valence-corrected chi connectivity index (χ0v) is 19.9. The van der Waals surface area contributed by atoms with Crippen molar-refractivity contribution < 1.29 is 29.0 Å². The van der Waals surface area contributed by atoms with E-state index in [1.807, 2.05) is 24.3 Å². The molecule has 1 fully saturated rings. The Kier molecular flexibility index (Phi) is 8.02. The van der Waals surface area contributed by atoms with Crippen molar-refractivity contribution >= 4 is 18.0 Å². The fourth-order valence-corrected chi connectivity index (χ4v) is 4.90. The number of methoxy groups -OCH3 is 1. The van der Waals surface area contributed by atoms with Gasteiger partial charge in [-0.3, -0.25) is 9.59 Å². The van der Waals surface area contributed by atoms with E-state index >= 15 is 0 Å². The van der Waals surface area contributed by atoms with E-state index in [2.05, 4.69) is 34.9 Å². The number of carboxylic acid groups (broad SMARTS) is 1. The number of rotatable bonds is 11. The second-order valence-corrected chi connectivity index (χ2v) is 9.23. The van der Waals surface area contributed by atoms with Crippen molar-refractivity contribution in [1.82, 2.24) is 10.6 Å². The van der Waals surface area contributed by atoms with E-state index in [1.165, 1.54) is 18.2 Å². The number of carbonyl (C=O) groups excluding carboxylic acids is 2. The summed E-state index contributed by atoms with van der Waals surface area (Å²) in [6, 6.07) is 16.0. The standard InChI is InChI=1S/C27H32N2O6/c1-34-18(13-26(31)32)15-28-25(30)14-24(17-7-6-8-17)29-27(33)35-16-23-21-11-4-2-9-19(21)20-10-3-5-12-22(20)23/h2-5,9-12,17-18,23-24H,6-8,13-16H2,1H3,(H,28,30)(H,29,33)(H,31,32). The number of fused-ring (bicyclic) bond motifs is 3. The first kappa shape index (κ1) is 24.7. The molecule has 0 aliphatic heterocycles. The van der Waals surface area contributed by atoms with Crippen LogP contribution in [0.25, 0.3) is 11.1 Å². The maximum Gasteiger partial charge on any atom is 0.407 e. The van der Waals surface area contributed by atoms with Crippen LogP contribution in [0.1, 0.15) is 49.1 Å². The highest BCUT2D eigenvalue weighted by Crippen LogP contribution is 2.44. The molecule has 2 unspecified atom stereocenters. The predicted molar refractivity (Wildman–Crippen MR) is 130 cm³/mol. The van der Waals surface area contributed by atoms with Gasteiger partial charge in [0.2, 0.25) is 5.91 Å². The molecule has 2 aromatic rings. The van der Waals surface area contributed by atoms with E-state index in [-0.39, 0.29) is 49.8 Å². The molecule has 186 valence electrons. The first-order valence-electron chi connectivity index (χ1n) is 12.1. The maximum absolute atomic E-state index is 12.7. The summed E-state index contributed by atoms with van der Waals surface area (Å²) < 4.78 is 10.8. The van der Waals surface area contributed by atoms with Crippen LogP contribution in [0.4, 0.5) is 4.79 Å².